The van der Waals surface area contributed by atoms with Crippen molar-refractivity contribution in [2.45, 2.75) is 25.7 Å². The van der Waals surface area contributed by atoms with Crippen molar-refractivity contribution >= 4 is 22.7 Å². The van der Waals surface area contributed by atoms with Crippen LogP contribution in [0.15, 0.2) is 53.6 Å². The number of para-hydroxylation sites is 2. The Labute approximate surface area is 135 Å². The van der Waals surface area contributed by atoms with Crippen LogP contribution in [0.1, 0.15) is 30.4 Å². The number of aryl methyl sites for hydroxylation is 2. The highest BCUT2D eigenvalue weighted by molar-refractivity contribution is 6.02. The first-order valence-electron chi connectivity index (χ1n) is 8.15. The Hall–Kier alpha value is -2.62. The second-order valence-electron chi connectivity index (χ2n) is 6.02. The Kier molecular flexibility index (Phi) is 3.58. The third kappa shape index (κ3) is 2.61. The second kappa shape index (κ2) is 5.88. The maximum absolute atomic E-state index is 4.69. The third-order valence-corrected chi connectivity index (χ3v) is 4.52. The summed E-state index contributed by atoms with van der Waals surface area (Å²) in [7, 11) is 2.01. The summed E-state index contributed by atoms with van der Waals surface area (Å²) in [4.78, 5) is 4.62. The lowest BCUT2D eigenvalue weighted by molar-refractivity contribution is 0.775. The molecule has 1 aromatic heterocycles. The van der Waals surface area contributed by atoms with Crippen LogP contribution in [0, 0.1) is 0 Å². The Balaban J connectivity index is 1.69. The van der Waals surface area contributed by atoms with Gasteiger partial charge in [0.1, 0.15) is 0 Å². The molecule has 0 fully saturated rings. The van der Waals surface area contributed by atoms with Crippen molar-refractivity contribution < 1.29 is 0 Å². The molecule has 4 rings (SSSR count). The number of anilines is 1. The van der Waals surface area contributed by atoms with Gasteiger partial charge in [0.25, 0.3) is 0 Å². The Morgan fingerprint density at radius 3 is 2.70 bits per heavy atom. The average Bonchev–Trinajstić information content (AvgIpc) is 2.78. The molecule has 0 saturated carbocycles. The highest BCUT2D eigenvalue weighted by Crippen LogP contribution is 2.22. The summed E-state index contributed by atoms with van der Waals surface area (Å²) in [5.41, 5.74) is 9.08. The normalized spacial score (nSPS) is 16.3. The van der Waals surface area contributed by atoms with Gasteiger partial charge in [-0.2, -0.15) is 5.10 Å². The molecular formula is C19H20N4. The zero-order valence-electron chi connectivity index (χ0n) is 13.3. The summed E-state index contributed by atoms with van der Waals surface area (Å²) in [6.45, 7) is 0. The minimum atomic E-state index is 0.778. The molecule has 116 valence electrons. The monoisotopic (exact) mass is 304 g/mol. The van der Waals surface area contributed by atoms with E-state index in [-0.39, 0.29) is 0 Å². The van der Waals surface area contributed by atoms with Crippen molar-refractivity contribution in [3.63, 3.8) is 0 Å². The molecule has 0 saturated heterocycles. The summed E-state index contributed by atoms with van der Waals surface area (Å²) >= 11 is 0. The second-order valence-corrected chi connectivity index (χ2v) is 6.02. The summed E-state index contributed by atoms with van der Waals surface area (Å²) in [6.07, 6.45) is 4.55. The van der Waals surface area contributed by atoms with Crippen LogP contribution in [0.2, 0.25) is 0 Å². The maximum atomic E-state index is 4.69. The summed E-state index contributed by atoms with van der Waals surface area (Å²) in [5, 5.41) is 4.69. The largest absolute Gasteiger partial charge is 0.312 e. The molecule has 0 atom stereocenters. The van der Waals surface area contributed by atoms with E-state index in [2.05, 4.69) is 40.7 Å². The van der Waals surface area contributed by atoms with Gasteiger partial charge in [0, 0.05) is 12.6 Å². The molecular weight excluding hydrogens is 284 g/mol. The molecule has 0 spiro atoms. The maximum Gasteiger partial charge on any atom is 0.224 e. The van der Waals surface area contributed by atoms with Crippen molar-refractivity contribution in [1.82, 2.24) is 9.55 Å². The number of hydrazone groups is 1. The Morgan fingerprint density at radius 2 is 1.78 bits per heavy atom. The number of nitrogens with zero attached hydrogens (tertiary/aromatic N) is 3. The molecule has 2 aromatic carbocycles. The third-order valence-electron chi connectivity index (χ3n) is 4.52. The first kappa shape index (κ1) is 14.0. The minimum Gasteiger partial charge on any atom is -0.312 e. The van der Waals surface area contributed by atoms with E-state index < -0.39 is 0 Å². The van der Waals surface area contributed by atoms with E-state index in [4.69, 9.17) is 5.10 Å². The van der Waals surface area contributed by atoms with Crippen LogP contribution in [-0.2, 0) is 13.5 Å². The van der Waals surface area contributed by atoms with Crippen LogP contribution >= 0.6 is 0 Å². The number of nitrogens with one attached hydrogen (secondary N) is 1. The number of hydrogen-bond donors (Lipinski definition) is 1. The smallest absolute Gasteiger partial charge is 0.224 e. The molecule has 4 heteroatoms. The van der Waals surface area contributed by atoms with E-state index in [1.807, 2.05) is 29.8 Å². The van der Waals surface area contributed by atoms with Crippen molar-refractivity contribution in [3.8, 4) is 0 Å². The molecule has 1 N–H and O–H groups in total. The molecule has 0 radical (unpaired) electrons. The van der Waals surface area contributed by atoms with Gasteiger partial charge < -0.3 is 4.57 Å². The molecule has 0 aliphatic heterocycles. The van der Waals surface area contributed by atoms with Gasteiger partial charge in [-0.25, -0.2) is 10.4 Å². The van der Waals surface area contributed by atoms with Gasteiger partial charge in [-0.05, 0) is 43.4 Å². The van der Waals surface area contributed by atoms with Crippen LogP contribution in [0.3, 0.4) is 0 Å². The Morgan fingerprint density at radius 1 is 1.00 bits per heavy atom. The van der Waals surface area contributed by atoms with Crippen LogP contribution < -0.4 is 5.43 Å². The quantitative estimate of drug-likeness (QED) is 0.571. The molecule has 0 bridgehead atoms. The molecule has 1 aliphatic rings. The molecule has 0 unspecified atom stereocenters. The average molecular weight is 304 g/mol. The minimum absolute atomic E-state index is 0.778. The van der Waals surface area contributed by atoms with Gasteiger partial charge in [-0.15, -0.1) is 0 Å². The predicted octanol–water partition coefficient (Wildman–Crippen LogP) is 4.12. The van der Waals surface area contributed by atoms with Crippen molar-refractivity contribution in [2.75, 3.05) is 5.43 Å². The van der Waals surface area contributed by atoms with Crippen LogP contribution in [0.25, 0.3) is 11.0 Å². The Bertz CT molecular complexity index is 876. The molecule has 4 nitrogen and oxygen atoms in total. The fourth-order valence-electron chi connectivity index (χ4n) is 3.24. The summed E-state index contributed by atoms with van der Waals surface area (Å²) in [6, 6.07) is 16.7. The number of hydrogen-bond acceptors (Lipinski definition) is 3. The van der Waals surface area contributed by atoms with E-state index in [9.17, 15) is 0 Å². The van der Waals surface area contributed by atoms with Gasteiger partial charge in [-0.3, -0.25) is 0 Å². The van der Waals surface area contributed by atoms with Crippen LogP contribution in [0.5, 0.6) is 0 Å². The lowest BCUT2D eigenvalue weighted by Gasteiger charge is -2.08. The molecule has 0 amide bonds. The van der Waals surface area contributed by atoms with Gasteiger partial charge in [-0.1, -0.05) is 36.4 Å². The molecule has 1 heterocycles. The van der Waals surface area contributed by atoms with E-state index in [0.717, 1.165) is 35.5 Å². The number of benzene rings is 2. The fraction of sp³-hybridized carbons (Fsp3) is 0.263. The van der Waals surface area contributed by atoms with E-state index in [1.165, 1.54) is 24.0 Å². The fourth-order valence-corrected chi connectivity index (χ4v) is 3.24. The number of fused-ring (bicyclic) bond motifs is 2. The van der Waals surface area contributed by atoms with Gasteiger partial charge >= 0.3 is 0 Å². The lowest BCUT2D eigenvalue weighted by Crippen LogP contribution is -2.07. The van der Waals surface area contributed by atoms with Gasteiger partial charge in [0.2, 0.25) is 5.95 Å². The first-order valence-corrected chi connectivity index (χ1v) is 8.15. The number of aromatic nitrogens is 2. The van der Waals surface area contributed by atoms with Gasteiger partial charge in [0.15, 0.2) is 0 Å². The zero-order valence-corrected chi connectivity index (χ0v) is 13.3. The van der Waals surface area contributed by atoms with Gasteiger partial charge in [0.05, 0.1) is 16.7 Å². The number of rotatable bonds is 2. The number of imidazole rings is 1. The lowest BCUT2D eigenvalue weighted by atomic mass is 10.0. The predicted molar refractivity (Wildman–Crippen MR) is 94.9 cm³/mol. The first-order chi connectivity index (χ1) is 11.3. The topological polar surface area (TPSA) is 42.2 Å². The molecule has 3 aromatic rings. The van der Waals surface area contributed by atoms with E-state index in [0.29, 0.717) is 0 Å². The molecule has 1 aliphatic carbocycles. The molecule has 23 heavy (non-hydrogen) atoms. The van der Waals surface area contributed by atoms with Crippen molar-refractivity contribution in [2.24, 2.45) is 12.1 Å². The van der Waals surface area contributed by atoms with Crippen LogP contribution in [-0.4, -0.2) is 15.3 Å². The summed E-state index contributed by atoms with van der Waals surface area (Å²) in [5.74, 6) is 0.778. The van der Waals surface area contributed by atoms with E-state index >= 15 is 0 Å². The standard InChI is InChI=1S/C19H20N4/c1-23-18-13-7-6-12-17(18)20-19(23)22-21-16-11-5-3-9-14-8-2-4-10-15(14)16/h2,4,6-8,10,12-13H,3,5,9,11H2,1H3,(H,20,22)/b21-16-. The van der Waals surface area contributed by atoms with Crippen molar-refractivity contribution in [3.05, 3.63) is 59.7 Å². The van der Waals surface area contributed by atoms with Crippen molar-refractivity contribution in [1.29, 1.82) is 0 Å². The van der Waals surface area contributed by atoms with Crippen LogP contribution in [0.4, 0.5) is 5.95 Å². The zero-order chi connectivity index (χ0) is 15.6. The highest BCUT2D eigenvalue weighted by atomic mass is 15.4. The summed E-state index contributed by atoms with van der Waals surface area (Å²) < 4.78 is 2.04. The highest BCUT2D eigenvalue weighted by Gasteiger charge is 2.14. The van der Waals surface area contributed by atoms with E-state index in [1.54, 1.807) is 0 Å². The SMILES string of the molecule is Cn1c(N/N=C2/CCCCc3ccccc32)nc2ccccc21.